The third-order valence-electron chi connectivity index (χ3n) is 5.02. The van der Waals surface area contributed by atoms with Crippen molar-refractivity contribution in [3.05, 3.63) is 59.8 Å². The van der Waals surface area contributed by atoms with E-state index in [2.05, 4.69) is 20.3 Å². The highest BCUT2D eigenvalue weighted by molar-refractivity contribution is 6.11. The molecule has 1 saturated heterocycles. The normalized spacial score (nSPS) is 16.7. The van der Waals surface area contributed by atoms with Gasteiger partial charge in [0.05, 0.1) is 31.6 Å². The van der Waals surface area contributed by atoms with Gasteiger partial charge in [0.25, 0.3) is 0 Å². The minimum Gasteiger partial charge on any atom is -0.474 e. The molecule has 1 N–H and O–H groups in total. The number of rotatable bonds is 3. The first-order valence-corrected chi connectivity index (χ1v) is 9.36. The van der Waals surface area contributed by atoms with Gasteiger partial charge in [0, 0.05) is 35.7 Å². The standard InChI is InChI=1S/C21H19FN4O2/c22-14-10-18-19(24-11-14)12-25-20(18)26-15-1-2-17-13(9-15)3-6-23-21(17)28-16-4-7-27-8-5-16/h1-3,6,9-11,16H,4-5,7-8,12H2,(H,25,26). The molecular weight excluding hydrogens is 359 g/mol. The molecule has 0 aliphatic carbocycles. The van der Waals surface area contributed by atoms with E-state index in [4.69, 9.17) is 9.47 Å². The van der Waals surface area contributed by atoms with Gasteiger partial charge in [0.2, 0.25) is 5.88 Å². The fourth-order valence-electron chi connectivity index (χ4n) is 3.55. The lowest BCUT2D eigenvalue weighted by Gasteiger charge is -2.23. The van der Waals surface area contributed by atoms with E-state index in [0.29, 0.717) is 23.8 Å². The van der Waals surface area contributed by atoms with Crippen LogP contribution in [0.3, 0.4) is 0 Å². The first kappa shape index (κ1) is 17.1. The van der Waals surface area contributed by atoms with Gasteiger partial charge in [0.15, 0.2) is 0 Å². The minimum absolute atomic E-state index is 0.136. The average Bonchev–Trinajstić information content (AvgIpc) is 3.11. The number of nitrogens with zero attached hydrogens (tertiary/aromatic N) is 3. The maximum absolute atomic E-state index is 13.5. The second kappa shape index (κ2) is 7.16. The van der Waals surface area contributed by atoms with E-state index in [0.717, 1.165) is 48.2 Å². The van der Waals surface area contributed by atoms with Gasteiger partial charge in [-0.2, -0.15) is 0 Å². The third-order valence-corrected chi connectivity index (χ3v) is 5.02. The first-order valence-electron chi connectivity index (χ1n) is 9.36. The summed E-state index contributed by atoms with van der Waals surface area (Å²) >= 11 is 0. The lowest BCUT2D eigenvalue weighted by molar-refractivity contribution is 0.0244. The van der Waals surface area contributed by atoms with Gasteiger partial charge < -0.3 is 14.8 Å². The molecule has 0 bridgehead atoms. The Morgan fingerprint density at radius 3 is 2.89 bits per heavy atom. The number of ether oxygens (including phenoxy) is 2. The van der Waals surface area contributed by atoms with Crippen LogP contribution in [0.15, 0.2) is 47.7 Å². The van der Waals surface area contributed by atoms with Crippen molar-refractivity contribution in [2.24, 2.45) is 4.99 Å². The van der Waals surface area contributed by atoms with Crippen LogP contribution in [0.2, 0.25) is 0 Å². The highest BCUT2D eigenvalue weighted by Crippen LogP contribution is 2.29. The fourth-order valence-corrected chi connectivity index (χ4v) is 3.55. The number of anilines is 1. The van der Waals surface area contributed by atoms with Crippen molar-refractivity contribution in [3.63, 3.8) is 0 Å². The average molecular weight is 378 g/mol. The molecule has 7 heteroatoms. The Morgan fingerprint density at radius 2 is 2.00 bits per heavy atom. The van der Waals surface area contributed by atoms with Crippen LogP contribution in [0.25, 0.3) is 10.8 Å². The van der Waals surface area contributed by atoms with Crippen LogP contribution in [-0.4, -0.2) is 35.1 Å². The minimum atomic E-state index is -0.366. The highest BCUT2D eigenvalue weighted by atomic mass is 19.1. The molecule has 2 aromatic heterocycles. The number of aromatic nitrogens is 2. The molecule has 2 aliphatic rings. The van der Waals surface area contributed by atoms with Gasteiger partial charge in [0.1, 0.15) is 17.8 Å². The first-order chi connectivity index (χ1) is 13.8. The van der Waals surface area contributed by atoms with E-state index < -0.39 is 0 Å². The van der Waals surface area contributed by atoms with Gasteiger partial charge in [-0.15, -0.1) is 0 Å². The van der Waals surface area contributed by atoms with E-state index in [1.165, 1.54) is 12.3 Å². The highest BCUT2D eigenvalue weighted by Gasteiger charge is 2.19. The number of aliphatic imine (C=N–C) groups is 1. The Kier molecular flexibility index (Phi) is 4.37. The molecule has 5 rings (SSSR count). The maximum atomic E-state index is 13.5. The van der Waals surface area contributed by atoms with Crippen LogP contribution >= 0.6 is 0 Å². The van der Waals surface area contributed by atoms with Crippen molar-refractivity contribution in [2.45, 2.75) is 25.5 Å². The molecule has 28 heavy (non-hydrogen) atoms. The second-order valence-corrected chi connectivity index (χ2v) is 6.92. The predicted molar refractivity (Wildman–Crippen MR) is 104 cm³/mol. The summed E-state index contributed by atoms with van der Waals surface area (Å²) in [5.74, 6) is 0.912. The Bertz CT molecular complexity index is 1060. The summed E-state index contributed by atoms with van der Waals surface area (Å²) in [4.78, 5) is 13.0. The van der Waals surface area contributed by atoms with Crippen molar-refractivity contribution < 1.29 is 13.9 Å². The summed E-state index contributed by atoms with van der Waals surface area (Å²) in [5.41, 5.74) is 2.35. The zero-order chi connectivity index (χ0) is 18.9. The Morgan fingerprint density at radius 1 is 1.11 bits per heavy atom. The molecule has 1 fully saturated rings. The number of fused-ring (bicyclic) bond motifs is 2. The van der Waals surface area contributed by atoms with E-state index in [1.807, 2.05) is 24.3 Å². The van der Waals surface area contributed by atoms with Crippen LogP contribution in [0.1, 0.15) is 24.1 Å². The Hall–Kier alpha value is -3.06. The molecule has 2 aliphatic heterocycles. The summed E-state index contributed by atoms with van der Waals surface area (Å²) in [7, 11) is 0. The molecule has 142 valence electrons. The maximum Gasteiger partial charge on any atom is 0.221 e. The molecule has 1 aromatic carbocycles. The summed E-state index contributed by atoms with van der Waals surface area (Å²) in [5, 5.41) is 5.25. The Balaban J connectivity index is 1.40. The van der Waals surface area contributed by atoms with Gasteiger partial charge in [-0.3, -0.25) is 9.98 Å². The zero-order valence-electron chi connectivity index (χ0n) is 15.2. The molecular formula is C21H19FN4O2. The molecule has 0 amide bonds. The monoisotopic (exact) mass is 378 g/mol. The molecule has 4 heterocycles. The van der Waals surface area contributed by atoms with Crippen molar-refractivity contribution in [2.75, 3.05) is 18.5 Å². The molecule has 0 spiro atoms. The number of halogens is 1. The van der Waals surface area contributed by atoms with Crippen LogP contribution in [0, 0.1) is 5.82 Å². The molecule has 0 unspecified atom stereocenters. The molecule has 0 saturated carbocycles. The second-order valence-electron chi connectivity index (χ2n) is 6.92. The quantitative estimate of drug-likeness (QED) is 0.753. The van der Waals surface area contributed by atoms with Gasteiger partial charge in [-0.25, -0.2) is 9.37 Å². The number of hydrogen-bond donors (Lipinski definition) is 1. The summed E-state index contributed by atoms with van der Waals surface area (Å²) < 4.78 is 25.1. The smallest absolute Gasteiger partial charge is 0.221 e. The van der Waals surface area contributed by atoms with E-state index in [-0.39, 0.29) is 11.9 Å². The molecule has 6 nitrogen and oxygen atoms in total. The van der Waals surface area contributed by atoms with Crippen LogP contribution in [0.5, 0.6) is 5.88 Å². The number of benzene rings is 1. The third kappa shape index (κ3) is 3.29. The zero-order valence-corrected chi connectivity index (χ0v) is 15.2. The SMILES string of the molecule is Fc1cnc2c(c1)C(Nc1ccc3c(OC4CCOCC4)nccc3c1)=NC2. The summed E-state index contributed by atoms with van der Waals surface area (Å²) in [6.45, 7) is 1.91. The largest absolute Gasteiger partial charge is 0.474 e. The number of amidine groups is 1. The van der Waals surface area contributed by atoms with Gasteiger partial charge in [-0.05, 0) is 35.7 Å². The van der Waals surface area contributed by atoms with E-state index >= 15 is 0 Å². The number of hydrogen-bond acceptors (Lipinski definition) is 6. The van der Waals surface area contributed by atoms with Crippen molar-refractivity contribution in [1.29, 1.82) is 0 Å². The predicted octanol–water partition coefficient (Wildman–Crippen LogP) is 3.70. The van der Waals surface area contributed by atoms with Crippen molar-refractivity contribution in [3.8, 4) is 5.88 Å². The molecule has 3 aromatic rings. The number of nitrogens with one attached hydrogen (secondary N) is 1. The van der Waals surface area contributed by atoms with E-state index in [9.17, 15) is 4.39 Å². The molecule has 0 atom stereocenters. The summed E-state index contributed by atoms with van der Waals surface area (Å²) in [6.07, 6.45) is 4.86. The van der Waals surface area contributed by atoms with Crippen molar-refractivity contribution >= 4 is 22.3 Å². The Labute approximate surface area is 161 Å². The lowest BCUT2D eigenvalue weighted by Crippen LogP contribution is -2.26. The molecule has 0 radical (unpaired) electrons. The van der Waals surface area contributed by atoms with Gasteiger partial charge >= 0.3 is 0 Å². The summed E-state index contributed by atoms with van der Waals surface area (Å²) in [6, 6.07) is 9.36. The van der Waals surface area contributed by atoms with Gasteiger partial charge in [-0.1, -0.05) is 0 Å². The van der Waals surface area contributed by atoms with E-state index in [1.54, 1.807) is 6.20 Å². The van der Waals surface area contributed by atoms with Crippen LogP contribution in [0.4, 0.5) is 10.1 Å². The van der Waals surface area contributed by atoms with Crippen molar-refractivity contribution in [1.82, 2.24) is 9.97 Å². The topological polar surface area (TPSA) is 68.6 Å². The lowest BCUT2D eigenvalue weighted by atomic mass is 10.1. The number of pyridine rings is 2. The fraction of sp³-hybridized carbons (Fsp3) is 0.286. The van der Waals surface area contributed by atoms with Crippen LogP contribution < -0.4 is 10.1 Å². The van der Waals surface area contributed by atoms with Crippen LogP contribution in [-0.2, 0) is 11.3 Å².